The molecule has 1 heterocycles. The number of carboxylic acids is 1. The first-order valence-corrected chi connectivity index (χ1v) is 7.87. The van der Waals surface area contributed by atoms with Gasteiger partial charge in [0.1, 0.15) is 5.25 Å². The van der Waals surface area contributed by atoms with Gasteiger partial charge in [-0.2, -0.15) is 0 Å². The van der Waals surface area contributed by atoms with Gasteiger partial charge >= 0.3 is 5.97 Å². The Kier molecular flexibility index (Phi) is 4.28. The molecule has 1 aromatic heterocycles. The van der Waals surface area contributed by atoms with Crippen molar-refractivity contribution in [3.05, 3.63) is 5.82 Å². The quantitative estimate of drug-likeness (QED) is 0.805. The maximum atomic E-state index is 11.6. The number of aromatic nitrogens is 4. The van der Waals surface area contributed by atoms with E-state index in [1.807, 2.05) is 0 Å². The fraction of sp³-hybridized carbons (Fsp3) is 0.800. The highest BCUT2D eigenvalue weighted by atomic mass is 32.2. The summed E-state index contributed by atoms with van der Waals surface area (Å²) in [4.78, 5) is 11.5. The highest BCUT2D eigenvalue weighted by Gasteiger charge is 2.42. The van der Waals surface area contributed by atoms with Gasteiger partial charge in [-0.3, -0.25) is 0 Å². The van der Waals surface area contributed by atoms with Gasteiger partial charge in [0.15, 0.2) is 21.2 Å². The van der Waals surface area contributed by atoms with Gasteiger partial charge in [-0.1, -0.05) is 13.8 Å². The number of rotatable bonds is 6. The second-order valence-electron chi connectivity index (χ2n) is 4.46. The summed E-state index contributed by atoms with van der Waals surface area (Å²) in [5, 5.41) is 19.3. The molecule has 0 saturated heterocycles. The normalized spacial score (nSPS) is 14.3. The molecule has 0 saturated carbocycles. The zero-order valence-corrected chi connectivity index (χ0v) is 12.2. The number of sulfone groups is 1. The van der Waals surface area contributed by atoms with Gasteiger partial charge in [-0.05, 0) is 30.2 Å². The van der Waals surface area contributed by atoms with Crippen LogP contribution in [0.15, 0.2) is 0 Å². The van der Waals surface area contributed by atoms with Crippen molar-refractivity contribution in [2.75, 3.05) is 6.26 Å². The van der Waals surface area contributed by atoms with Crippen LogP contribution >= 0.6 is 0 Å². The Bertz CT molecular complexity index is 562. The fourth-order valence-electron chi connectivity index (χ4n) is 1.89. The Balaban J connectivity index is 3.45. The van der Waals surface area contributed by atoms with Crippen molar-refractivity contribution in [2.24, 2.45) is 0 Å². The molecule has 1 aromatic rings. The lowest BCUT2D eigenvalue weighted by molar-refractivity contribution is -0.148. The lowest BCUT2D eigenvalue weighted by atomic mass is 9.93. The van der Waals surface area contributed by atoms with E-state index in [0.29, 0.717) is 0 Å². The van der Waals surface area contributed by atoms with Gasteiger partial charge in [0, 0.05) is 6.26 Å². The SMILES string of the molecule is CCC(CC)(C(=O)O)n1nnnc1C(C)S(C)(=O)=O. The molecule has 108 valence electrons. The molecular formula is C10H18N4O4S. The average Bonchev–Trinajstić information content (AvgIpc) is 2.78. The summed E-state index contributed by atoms with van der Waals surface area (Å²) in [5.41, 5.74) is -1.32. The molecule has 0 spiro atoms. The van der Waals surface area contributed by atoms with E-state index >= 15 is 0 Å². The van der Waals surface area contributed by atoms with Gasteiger partial charge in [0.2, 0.25) is 0 Å². The van der Waals surface area contributed by atoms with Crippen LogP contribution in [0, 0.1) is 0 Å². The topological polar surface area (TPSA) is 115 Å². The molecule has 0 radical (unpaired) electrons. The number of hydrogen-bond donors (Lipinski definition) is 1. The number of tetrazole rings is 1. The maximum Gasteiger partial charge on any atom is 0.331 e. The molecule has 8 nitrogen and oxygen atoms in total. The van der Waals surface area contributed by atoms with E-state index in [1.165, 1.54) is 6.92 Å². The summed E-state index contributed by atoms with van der Waals surface area (Å²) in [6.45, 7) is 4.85. The molecule has 1 rings (SSSR count). The van der Waals surface area contributed by atoms with E-state index < -0.39 is 26.6 Å². The number of aliphatic carboxylic acids is 1. The summed E-state index contributed by atoms with van der Waals surface area (Å²) < 4.78 is 24.3. The van der Waals surface area contributed by atoms with E-state index in [4.69, 9.17) is 0 Å². The first-order chi connectivity index (χ1) is 8.70. The summed E-state index contributed by atoms with van der Waals surface area (Å²) in [5.74, 6) is -1.03. The van der Waals surface area contributed by atoms with Crippen LogP contribution in [0.1, 0.15) is 44.7 Å². The molecule has 1 atom stereocenters. The number of carbonyl (C=O) groups is 1. The van der Waals surface area contributed by atoms with Crippen molar-refractivity contribution in [1.29, 1.82) is 0 Å². The Hall–Kier alpha value is -1.51. The van der Waals surface area contributed by atoms with Crippen LogP contribution in [0.25, 0.3) is 0 Å². The third-order valence-electron chi connectivity index (χ3n) is 3.47. The van der Waals surface area contributed by atoms with E-state index in [9.17, 15) is 18.3 Å². The highest BCUT2D eigenvalue weighted by Crippen LogP contribution is 2.29. The second-order valence-corrected chi connectivity index (χ2v) is 6.83. The minimum Gasteiger partial charge on any atom is -0.479 e. The summed E-state index contributed by atoms with van der Waals surface area (Å²) in [7, 11) is -3.41. The standard InChI is InChI=1S/C10H18N4O4S/c1-5-10(6-2,9(15)16)14-8(11-12-13-14)7(3)19(4,17)18/h7H,5-6H2,1-4H3,(H,15,16). The molecular weight excluding hydrogens is 272 g/mol. The fourth-order valence-corrected chi connectivity index (χ4v) is 2.42. The Morgan fingerprint density at radius 2 is 1.95 bits per heavy atom. The van der Waals surface area contributed by atoms with E-state index in [0.717, 1.165) is 10.9 Å². The Morgan fingerprint density at radius 3 is 2.32 bits per heavy atom. The van der Waals surface area contributed by atoms with Gasteiger partial charge in [0.25, 0.3) is 0 Å². The highest BCUT2D eigenvalue weighted by molar-refractivity contribution is 7.90. The Morgan fingerprint density at radius 1 is 1.42 bits per heavy atom. The van der Waals surface area contributed by atoms with Gasteiger partial charge in [-0.15, -0.1) is 5.10 Å². The third-order valence-corrected chi connectivity index (χ3v) is 4.97. The summed E-state index contributed by atoms with van der Waals surface area (Å²) in [6.07, 6.45) is 1.58. The van der Waals surface area contributed by atoms with E-state index in [2.05, 4.69) is 15.5 Å². The first kappa shape index (κ1) is 15.5. The van der Waals surface area contributed by atoms with Gasteiger partial charge in [0.05, 0.1) is 0 Å². The summed E-state index contributed by atoms with van der Waals surface area (Å²) >= 11 is 0. The van der Waals surface area contributed by atoms with E-state index in [1.54, 1.807) is 13.8 Å². The molecule has 9 heteroatoms. The van der Waals surface area contributed by atoms with Crippen LogP contribution in [0.3, 0.4) is 0 Å². The lowest BCUT2D eigenvalue weighted by Crippen LogP contribution is -2.43. The predicted octanol–water partition coefficient (Wildman–Crippen LogP) is 0.379. The van der Waals surface area contributed by atoms with Crippen molar-refractivity contribution >= 4 is 15.8 Å². The number of hydrogen-bond acceptors (Lipinski definition) is 6. The van der Waals surface area contributed by atoms with Crippen molar-refractivity contribution in [3.8, 4) is 0 Å². The third kappa shape index (κ3) is 2.60. The monoisotopic (exact) mass is 290 g/mol. The molecule has 0 fully saturated rings. The molecule has 0 amide bonds. The Labute approximate surface area is 111 Å². The lowest BCUT2D eigenvalue weighted by Gasteiger charge is -2.28. The molecule has 0 aliphatic heterocycles. The van der Waals surface area contributed by atoms with Gasteiger partial charge in [-0.25, -0.2) is 17.9 Å². The molecule has 0 aliphatic rings. The molecule has 1 unspecified atom stereocenters. The molecule has 0 bridgehead atoms. The van der Waals surface area contributed by atoms with Crippen molar-refractivity contribution in [2.45, 2.75) is 44.4 Å². The van der Waals surface area contributed by atoms with Crippen LogP contribution in [0.5, 0.6) is 0 Å². The van der Waals surface area contributed by atoms with Crippen molar-refractivity contribution in [3.63, 3.8) is 0 Å². The molecule has 0 aliphatic carbocycles. The van der Waals surface area contributed by atoms with Crippen LogP contribution < -0.4 is 0 Å². The minimum absolute atomic E-state index is 0.0496. The average molecular weight is 290 g/mol. The number of nitrogens with zero attached hydrogens (tertiary/aromatic N) is 4. The zero-order chi connectivity index (χ0) is 14.8. The van der Waals surface area contributed by atoms with Gasteiger partial charge < -0.3 is 5.11 Å². The van der Waals surface area contributed by atoms with Crippen molar-refractivity contribution < 1.29 is 18.3 Å². The van der Waals surface area contributed by atoms with E-state index in [-0.39, 0.29) is 18.7 Å². The van der Waals surface area contributed by atoms with Crippen LogP contribution in [-0.2, 0) is 20.2 Å². The van der Waals surface area contributed by atoms with Crippen LogP contribution in [0.2, 0.25) is 0 Å². The van der Waals surface area contributed by atoms with Crippen molar-refractivity contribution in [1.82, 2.24) is 20.2 Å². The van der Waals surface area contributed by atoms with Crippen LogP contribution in [0.4, 0.5) is 0 Å². The van der Waals surface area contributed by atoms with Crippen LogP contribution in [-0.4, -0.2) is 46.0 Å². The zero-order valence-electron chi connectivity index (χ0n) is 11.4. The first-order valence-electron chi connectivity index (χ1n) is 5.91. The molecule has 1 N–H and O–H groups in total. The molecule has 19 heavy (non-hydrogen) atoms. The molecule has 0 aromatic carbocycles. The predicted molar refractivity (Wildman–Crippen MR) is 67.3 cm³/mol. The summed E-state index contributed by atoms with van der Waals surface area (Å²) in [6, 6.07) is 0. The second kappa shape index (κ2) is 5.24. The number of carboxylic acid groups (broad SMARTS) is 1. The largest absolute Gasteiger partial charge is 0.479 e. The minimum atomic E-state index is -3.41. The maximum absolute atomic E-state index is 11.6. The smallest absolute Gasteiger partial charge is 0.331 e.